The van der Waals surface area contributed by atoms with Crippen LogP contribution >= 0.6 is 0 Å². The van der Waals surface area contributed by atoms with Crippen LogP contribution in [0.15, 0.2) is 18.7 Å². The van der Waals surface area contributed by atoms with E-state index in [0.29, 0.717) is 19.0 Å². The van der Waals surface area contributed by atoms with E-state index in [1.54, 1.807) is 24.1 Å². The Morgan fingerprint density at radius 2 is 2.29 bits per heavy atom. The number of ether oxygens (including phenoxy) is 2. The Morgan fingerprint density at radius 3 is 2.95 bits per heavy atom. The summed E-state index contributed by atoms with van der Waals surface area (Å²) in [6, 6.07) is -0.249. The average molecular weight is 292 g/mol. The molecule has 0 bridgehead atoms. The van der Waals surface area contributed by atoms with Gasteiger partial charge >= 0.3 is 0 Å². The predicted octanol–water partition coefficient (Wildman–Crippen LogP) is -0.875. The fourth-order valence-corrected chi connectivity index (χ4v) is 2.10. The highest BCUT2D eigenvalue weighted by atomic mass is 16.5. The molecule has 0 unspecified atom stereocenters. The second-order valence-corrected chi connectivity index (χ2v) is 4.87. The third-order valence-corrected chi connectivity index (χ3v) is 3.12. The van der Waals surface area contributed by atoms with E-state index in [-0.39, 0.29) is 23.9 Å². The molecule has 1 amide bonds. The molecule has 0 saturated carbocycles. The van der Waals surface area contributed by atoms with Crippen LogP contribution in [0.4, 0.5) is 0 Å². The zero-order chi connectivity index (χ0) is 14.8. The SMILES string of the molecule is Cn1cc(O[C@@H]2COC[C@@H]2NC(=O)c2ncn(C)n2)cn1. The molecule has 0 aromatic carbocycles. The smallest absolute Gasteiger partial charge is 0.291 e. The number of aromatic nitrogens is 5. The van der Waals surface area contributed by atoms with E-state index in [2.05, 4.69) is 20.5 Å². The van der Waals surface area contributed by atoms with Crippen molar-refractivity contribution in [1.29, 1.82) is 0 Å². The van der Waals surface area contributed by atoms with Gasteiger partial charge in [0.1, 0.15) is 12.4 Å². The van der Waals surface area contributed by atoms with Gasteiger partial charge in [-0.3, -0.25) is 14.2 Å². The molecule has 3 rings (SSSR count). The number of nitrogens with one attached hydrogen (secondary N) is 1. The molecule has 21 heavy (non-hydrogen) atoms. The molecule has 0 radical (unpaired) electrons. The number of amides is 1. The topological polar surface area (TPSA) is 96.1 Å². The molecule has 2 atom stereocenters. The Labute approximate surface area is 120 Å². The van der Waals surface area contributed by atoms with Crippen LogP contribution < -0.4 is 10.1 Å². The molecule has 3 heterocycles. The van der Waals surface area contributed by atoms with Gasteiger partial charge in [0, 0.05) is 14.1 Å². The van der Waals surface area contributed by atoms with Gasteiger partial charge in [0.15, 0.2) is 5.75 Å². The average Bonchev–Trinajstić information content (AvgIpc) is 3.14. The minimum absolute atomic E-state index is 0.129. The van der Waals surface area contributed by atoms with Crippen LogP contribution in [0.25, 0.3) is 0 Å². The molecule has 1 N–H and O–H groups in total. The summed E-state index contributed by atoms with van der Waals surface area (Å²) in [7, 11) is 3.51. The van der Waals surface area contributed by atoms with Crippen molar-refractivity contribution in [3.8, 4) is 5.75 Å². The first-order valence-electron chi connectivity index (χ1n) is 6.51. The normalized spacial score (nSPS) is 21.4. The van der Waals surface area contributed by atoms with Gasteiger partial charge in [-0.05, 0) is 0 Å². The number of carbonyl (C=O) groups is 1. The summed E-state index contributed by atoms with van der Waals surface area (Å²) in [6.07, 6.45) is 4.60. The third-order valence-electron chi connectivity index (χ3n) is 3.12. The summed E-state index contributed by atoms with van der Waals surface area (Å²) in [5.74, 6) is 0.429. The van der Waals surface area contributed by atoms with Crippen molar-refractivity contribution in [3.05, 3.63) is 24.5 Å². The van der Waals surface area contributed by atoms with E-state index in [9.17, 15) is 4.79 Å². The van der Waals surface area contributed by atoms with Crippen LogP contribution in [0, 0.1) is 0 Å². The summed E-state index contributed by atoms with van der Waals surface area (Å²) in [5.41, 5.74) is 0. The fraction of sp³-hybridized carbons (Fsp3) is 0.500. The maximum atomic E-state index is 12.0. The van der Waals surface area contributed by atoms with Gasteiger partial charge in [0.2, 0.25) is 5.82 Å². The Kier molecular flexibility index (Phi) is 3.57. The molecule has 2 aromatic rings. The lowest BCUT2D eigenvalue weighted by atomic mass is 10.2. The monoisotopic (exact) mass is 292 g/mol. The molecule has 1 aliphatic heterocycles. The number of nitrogens with zero attached hydrogens (tertiary/aromatic N) is 5. The maximum Gasteiger partial charge on any atom is 0.291 e. The van der Waals surface area contributed by atoms with Crippen LogP contribution in [-0.2, 0) is 18.8 Å². The van der Waals surface area contributed by atoms with Gasteiger partial charge in [-0.25, -0.2) is 4.98 Å². The van der Waals surface area contributed by atoms with Crippen LogP contribution in [-0.4, -0.2) is 55.8 Å². The highest BCUT2D eigenvalue weighted by Gasteiger charge is 2.32. The number of carbonyl (C=O) groups excluding carboxylic acids is 1. The molecule has 0 aliphatic carbocycles. The van der Waals surface area contributed by atoms with Gasteiger partial charge < -0.3 is 14.8 Å². The van der Waals surface area contributed by atoms with E-state index in [0.717, 1.165) is 0 Å². The van der Waals surface area contributed by atoms with Crippen molar-refractivity contribution in [2.24, 2.45) is 14.1 Å². The van der Waals surface area contributed by atoms with E-state index in [4.69, 9.17) is 9.47 Å². The van der Waals surface area contributed by atoms with Crippen LogP contribution in [0.5, 0.6) is 5.75 Å². The van der Waals surface area contributed by atoms with Gasteiger partial charge in [-0.1, -0.05) is 0 Å². The van der Waals surface area contributed by atoms with Crippen molar-refractivity contribution in [3.63, 3.8) is 0 Å². The van der Waals surface area contributed by atoms with Crippen molar-refractivity contribution in [2.45, 2.75) is 12.1 Å². The van der Waals surface area contributed by atoms with Crippen molar-refractivity contribution in [2.75, 3.05) is 13.2 Å². The molecule has 1 aliphatic rings. The molecule has 1 fully saturated rings. The molecular formula is C12H16N6O3. The highest BCUT2D eigenvalue weighted by Crippen LogP contribution is 2.16. The zero-order valence-corrected chi connectivity index (χ0v) is 11.8. The number of rotatable bonds is 4. The summed E-state index contributed by atoms with van der Waals surface area (Å²) >= 11 is 0. The zero-order valence-electron chi connectivity index (χ0n) is 11.8. The summed E-state index contributed by atoms with van der Waals surface area (Å²) in [6.45, 7) is 0.805. The molecule has 9 nitrogen and oxygen atoms in total. The second-order valence-electron chi connectivity index (χ2n) is 4.87. The Bertz CT molecular complexity index is 636. The van der Waals surface area contributed by atoms with Crippen LogP contribution in [0.3, 0.4) is 0 Å². The van der Waals surface area contributed by atoms with Crippen molar-refractivity contribution < 1.29 is 14.3 Å². The molecule has 9 heteroatoms. The Morgan fingerprint density at radius 1 is 1.43 bits per heavy atom. The molecule has 112 valence electrons. The number of hydrogen-bond acceptors (Lipinski definition) is 6. The van der Waals surface area contributed by atoms with Gasteiger partial charge in [-0.15, -0.1) is 5.10 Å². The lowest BCUT2D eigenvalue weighted by molar-refractivity contribution is 0.0893. The number of aryl methyl sites for hydroxylation is 2. The van der Waals surface area contributed by atoms with Gasteiger partial charge in [-0.2, -0.15) is 5.10 Å². The summed E-state index contributed by atoms with van der Waals surface area (Å²) in [5, 5.41) is 10.8. The standard InChI is InChI=1S/C12H16N6O3/c1-17-4-8(3-14-17)21-10-6-20-5-9(10)15-12(19)11-13-7-18(2)16-11/h3-4,7,9-10H,5-6H2,1-2H3,(H,15,19)/t9-,10+/m0/s1. The summed E-state index contributed by atoms with van der Waals surface area (Å²) < 4.78 is 14.3. The number of hydrogen-bond donors (Lipinski definition) is 1. The molecule has 1 saturated heterocycles. The first-order valence-corrected chi connectivity index (χ1v) is 6.51. The van der Waals surface area contributed by atoms with Crippen molar-refractivity contribution in [1.82, 2.24) is 29.9 Å². The van der Waals surface area contributed by atoms with Gasteiger partial charge in [0.05, 0.1) is 31.6 Å². The fourth-order valence-electron chi connectivity index (χ4n) is 2.10. The largest absolute Gasteiger partial charge is 0.482 e. The minimum atomic E-state index is -0.342. The Balaban J connectivity index is 1.62. The molecular weight excluding hydrogens is 276 g/mol. The van der Waals surface area contributed by atoms with Crippen molar-refractivity contribution >= 4 is 5.91 Å². The second kappa shape index (κ2) is 5.52. The Hall–Kier alpha value is -2.42. The van der Waals surface area contributed by atoms with E-state index in [1.807, 2.05) is 7.05 Å². The third kappa shape index (κ3) is 3.02. The van der Waals surface area contributed by atoms with Gasteiger partial charge in [0.25, 0.3) is 5.91 Å². The van der Waals surface area contributed by atoms with E-state index in [1.165, 1.54) is 11.0 Å². The van der Waals surface area contributed by atoms with Crippen LogP contribution in [0.2, 0.25) is 0 Å². The lowest BCUT2D eigenvalue weighted by Crippen LogP contribution is -2.45. The minimum Gasteiger partial charge on any atom is -0.482 e. The molecule has 0 spiro atoms. The molecule has 2 aromatic heterocycles. The van der Waals surface area contributed by atoms with Crippen LogP contribution in [0.1, 0.15) is 10.6 Å². The quantitative estimate of drug-likeness (QED) is 0.786. The van der Waals surface area contributed by atoms with E-state index >= 15 is 0 Å². The van der Waals surface area contributed by atoms with E-state index < -0.39 is 0 Å². The lowest BCUT2D eigenvalue weighted by Gasteiger charge is -2.18. The predicted molar refractivity (Wildman–Crippen MR) is 70.7 cm³/mol. The summed E-state index contributed by atoms with van der Waals surface area (Å²) in [4.78, 5) is 16.0. The first kappa shape index (κ1) is 13.6. The highest BCUT2D eigenvalue weighted by molar-refractivity contribution is 5.90. The maximum absolute atomic E-state index is 12.0. The first-order chi connectivity index (χ1) is 10.1.